The Balaban J connectivity index is 2.20. The number of nitrogens with zero attached hydrogens (tertiary/aromatic N) is 2. The maximum absolute atomic E-state index is 5.94. The summed E-state index contributed by atoms with van der Waals surface area (Å²) in [4.78, 5) is 8.58. The molecule has 0 atom stereocenters. The first kappa shape index (κ1) is 14.5. The summed E-state index contributed by atoms with van der Waals surface area (Å²) in [7, 11) is 0. The molecule has 0 amide bonds. The monoisotopic (exact) mass is 271 g/mol. The van der Waals surface area contributed by atoms with E-state index in [1.807, 2.05) is 38.2 Å². The highest BCUT2D eigenvalue weighted by atomic mass is 16.5. The van der Waals surface area contributed by atoms with Crippen LogP contribution in [0.2, 0.25) is 0 Å². The number of ether oxygens (including phenoxy) is 1. The summed E-state index contributed by atoms with van der Waals surface area (Å²) in [5.41, 5.74) is 2.96. The molecule has 0 aliphatic heterocycles. The predicted molar refractivity (Wildman–Crippen MR) is 80.0 cm³/mol. The Hall–Kier alpha value is -1.94. The second kappa shape index (κ2) is 6.48. The molecule has 0 aromatic carbocycles. The Kier molecular flexibility index (Phi) is 4.69. The van der Waals surface area contributed by atoms with Gasteiger partial charge in [-0.25, -0.2) is 0 Å². The van der Waals surface area contributed by atoms with Crippen molar-refractivity contribution in [2.45, 2.75) is 40.3 Å². The lowest BCUT2D eigenvalue weighted by atomic mass is 10.2. The molecule has 0 fully saturated rings. The SMILES string of the molecule is Cc1ccc(Oc2cc(C)ncc2CNC(C)C)cn1. The second-order valence-electron chi connectivity index (χ2n) is 5.21. The Morgan fingerprint density at radius 3 is 2.50 bits per heavy atom. The molecular weight excluding hydrogens is 250 g/mol. The molecule has 0 bridgehead atoms. The topological polar surface area (TPSA) is 47.0 Å². The summed E-state index contributed by atoms with van der Waals surface area (Å²) in [5.74, 6) is 1.57. The van der Waals surface area contributed by atoms with Gasteiger partial charge < -0.3 is 10.1 Å². The minimum Gasteiger partial charge on any atom is -0.455 e. The van der Waals surface area contributed by atoms with Gasteiger partial charge in [0.1, 0.15) is 11.5 Å². The van der Waals surface area contributed by atoms with Gasteiger partial charge in [-0.2, -0.15) is 0 Å². The van der Waals surface area contributed by atoms with Crippen LogP contribution in [0.15, 0.2) is 30.6 Å². The summed E-state index contributed by atoms with van der Waals surface area (Å²) >= 11 is 0. The largest absolute Gasteiger partial charge is 0.455 e. The molecule has 4 heteroatoms. The Bertz CT molecular complexity index is 564. The molecule has 0 saturated carbocycles. The highest BCUT2D eigenvalue weighted by molar-refractivity contribution is 5.37. The van der Waals surface area contributed by atoms with Crippen LogP contribution < -0.4 is 10.1 Å². The smallest absolute Gasteiger partial charge is 0.145 e. The van der Waals surface area contributed by atoms with E-state index in [1.165, 1.54) is 0 Å². The highest BCUT2D eigenvalue weighted by Gasteiger charge is 2.07. The molecule has 0 saturated heterocycles. The summed E-state index contributed by atoms with van der Waals surface area (Å²) in [5, 5.41) is 3.38. The number of aromatic nitrogens is 2. The van der Waals surface area contributed by atoms with E-state index in [0.717, 1.165) is 35.0 Å². The fourth-order valence-electron chi connectivity index (χ4n) is 1.75. The van der Waals surface area contributed by atoms with Gasteiger partial charge in [-0.05, 0) is 26.0 Å². The quantitative estimate of drug-likeness (QED) is 0.905. The van der Waals surface area contributed by atoms with Crippen molar-refractivity contribution in [1.82, 2.24) is 15.3 Å². The number of hydrogen-bond donors (Lipinski definition) is 1. The Morgan fingerprint density at radius 1 is 1.10 bits per heavy atom. The first-order valence-electron chi connectivity index (χ1n) is 6.84. The van der Waals surface area contributed by atoms with Crippen molar-refractivity contribution in [1.29, 1.82) is 0 Å². The Labute approximate surface area is 120 Å². The van der Waals surface area contributed by atoms with Crippen LogP contribution in [0.4, 0.5) is 0 Å². The van der Waals surface area contributed by atoms with Crippen LogP contribution >= 0.6 is 0 Å². The normalized spacial score (nSPS) is 10.8. The van der Waals surface area contributed by atoms with E-state index in [2.05, 4.69) is 29.1 Å². The number of pyridine rings is 2. The van der Waals surface area contributed by atoms with E-state index in [-0.39, 0.29) is 0 Å². The highest BCUT2D eigenvalue weighted by Crippen LogP contribution is 2.25. The molecule has 0 spiro atoms. The van der Waals surface area contributed by atoms with E-state index < -0.39 is 0 Å². The first-order chi connectivity index (χ1) is 9.54. The van der Waals surface area contributed by atoms with E-state index in [1.54, 1.807) is 6.20 Å². The lowest BCUT2D eigenvalue weighted by molar-refractivity contribution is 0.465. The minimum absolute atomic E-state index is 0.421. The van der Waals surface area contributed by atoms with Crippen molar-refractivity contribution in [3.63, 3.8) is 0 Å². The van der Waals surface area contributed by atoms with Gasteiger partial charge in [0.15, 0.2) is 0 Å². The third-order valence-electron chi connectivity index (χ3n) is 2.89. The fourth-order valence-corrected chi connectivity index (χ4v) is 1.75. The van der Waals surface area contributed by atoms with Crippen molar-refractivity contribution in [2.24, 2.45) is 0 Å². The van der Waals surface area contributed by atoms with E-state index in [9.17, 15) is 0 Å². The van der Waals surface area contributed by atoms with Gasteiger partial charge in [-0.15, -0.1) is 0 Å². The number of hydrogen-bond acceptors (Lipinski definition) is 4. The average molecular weight is 271 g/mol. The van der Waals surface area contributed by atoms with Gasteiger partial charge in [0.2, 0.25) is 0 Å². The van der Waals surface area contributed by atoms with Crippen LogP contribution in [0, 0.1) is 13.8 Å². The minimum atomic E-state index is 0.421. The molecule has 20 heavy (non-hydrogen) atoms. The molecule has 0 aliphatic rings. The third kappa shape index (κ3) is 4.03. The number of rotatable bonds is 5. The van der Waals surface area contributed by atoms with Crippen LogP contribution in [-0.4, -0.2) is 16.0 Å². The van der Waals surface area contributed by atoms with Crippen LogP contribution in [0.3, 0.4) is 0 Å². The first-order valence-corrected chi connectivity index (χ1v) is 6.84. The third-order valence-corrected chi connectivity index (χ3v) is 2.89. The van der Waals surface area contributed by atoms with Crippen molar-refractivity contribution >= 4 is 0 Å². The predicted octanol–water partition coefficient (Wildman–Crippen LogP) is 3.38. The standard InChI is InChI=1S/C16H21N3O/c1-11(2)17-8-14-9-18-13(4)7-16(14)20-15-6-5-12(3)19-10-15/h5-7,9-11,17H,8H2,1-4H3. The van der Waals surface area contributed by atoms with Gasteiger partial charge in [-0.3, -0.25) is 9.97 Å². The average Bonchev–Trinajstić information content (AvgIpc) is 2.40. The fraction of sp³-hybridized carbons (Fsp3) is 0.375. The molecule has 2 heterocycles. The molecule has 2 aromatic heterocycles. The maximum Gasteiger partial charge on any atom is 0.145 e. The molecule has 4 nitrogen and oxygen atoms in total. The van der Waals surface area contributed by atoms with E-state index in [0.29, 0.717) is 6.04 Å². The number of aryl methyl sites for hydroxylation is 2. The summed E-state index contributed by atoms with van der Waals surface area (Å²) in [6.07, 6.45) is 3.60. The molecular formula is C16H21N3O. The van der Waals surface area contributed by atoms with Crippen molar-refractivity contribution in [3.05, 3.63) is 47.5 Å². The van der Waals surface area contributed by atoms with Crippen LogP contribution in [-0.2, 0) is 6.54 Å². The van der Waals surface area contributed by atoms with Crippen molar-refractivity contribution in [2.75, 3.05) is 0 Å². The van der Waals surface area contributed by atoms with Gasteiger partial charge in [-0.1, -0.05) is 13.8 Å². The van der Waals surface area contributed by atoms with E-state index in [4.69, 9.17) is 4.74 Å². The molecule has 106 valence electrons. The van der Waals surface area contributed by atoms with Crippen LogP contribution in [0.5, 0.6) is 11.5 Å². The van der Waals surface area contributed by atoms with Crippen molar-refractivity contribution in [3.8, 4) is 11.5 Å². The number of nitrogens with one attached hydrogen (secondary N) is 1. The van der Waals surface area contributed by atoms with Crippen molar-refractivity contribution < 1.29 is 4.74 Å². The van der Waals surface area contributed by atoms with Gasteiger partial charge in [0.05, 0.1) is 6.20 Å². The lowest BCUT2D eigenvalue weighted by Crippen LogP contribution is -2.22. The Morgan fingerprint density at radius 2 is 1.85 bits per heavy atom. The molecule has 2 rings (SSSR count). The molecule has 0 unspecified atom stereocenters. The van der Waals surface area contributed by atoms with Gasteiger partial charge in [0, 0.05) is 41.8 Å². The molecule has 0 aliphatic carbocycles. The van der Waals surface area contributed by atoms with Crippen LogP contribution in [0.1, 0.15) is 30.8 Å². The zero-order chi connectivity index (χ0) is 14.5. The molecule has 1 N–H and O–H groups in total. The zero-order valence-corrected chi connectivity index (χ0v) is 12.5. The summed E-state index contributed by atoms with van der Waals surface area (Å²) < 4.78 is 5.94. The zero-order valence-electron chi connectivity index (χ0n) is 12.5. The lowest BCUT2D eigenvalue weighted by Gasteiger charge is -2.13. The molecule has 0 radical (unpaired) electrons. The maximum atomic E-state index is 5.94. The van der Waals surface area contributed by atoms with Gasteiger partial charge >= 0.3 is 0 Å². The van der Waals surface area contributed by atoms with E-state index >= 15 is 0 Å². The second-order valence-corrected chi connectivity index (χ2v) is 5.21. The molecule has 2 aromatic rings. The van der Waals surface area contributed by atoms with Gasteiger partial charge in [0.25, 0.3) is 0 Å². The van der Waals surface area contributed by atoms with Crippen LogP contribution in [0.25, 0.3) is 0 Å². The summed E-state index contributed by atoms with van der Waals surface area (Å²) in [6.45, 7) is 8.88. The summed E-state index contributed by atoms with van der Waals surface area (Å²) in [6, 6.07) is 6.25.